The minimum Gasteiger partial charge on any atom is -0.258 e. The second kappa shape index (κ2) is 6.13. The molecular formula is C15H13NOS. The second-order valence-corrected chi connectivity index (χ2v) is 5.41. The predicted octanol–water partition coefficient (Wildman–Crippen LogP) is 3.05. The summed E-state index contributed by atoms with van der Waals surface area (Å²) in [5, 5.41) is 8.51. The van der Waals surface area contributed by atoms with Gasteiger partial charge in [0, 0.05) is 10.8 Å². The van der Waals surface area contributed by atoms with E-state index in [1.54, 1.807) is 0 Å². The van der Waals surface area contributed by atoms with E-state index in [4.69, 9.17) is 5.26 Å². The Kier molecular flexibility index (Phi) is 4.27. The molecule has 2 aromatic rings. The molecule has 2 nitrogen and oxygen atoms in total. The number of nitrogens with zero attached hydrogens (tertiary/aromatic N) is 1. The number of hydrogen-bond donors (Lipinski definition) is 0. The van der Waals surface area contributed by atoms with Gasteiger partial charge in [-0.2, -0.15) is 5.26 Å². The lowest BCUT2D eigenvalue weighted by Gasteiger charge is -2.16. The molecule has 0 aliphatic heterocycles. The summed E-state index contributed by atoms with van der Waals surface area (Å²) in [5.74, 6) is 0.0501. The molecule has 90 valence electrons. The van der Waals surface area contributed by atoms with Crippen LogP contribution < -0.4 is 0 Å². The van der Waals surface area contributed by atoms with Gasteiger partial charge in [0.1, 0.15) is 5.75 Å². The first-order chi connectivity index (χ1) is 8.83. The molecule has 0 saturated carbocycles. The van der Waals surface area contributed by atoms with E-state index in [1.807, 2.05) is 66.7 Å². The highest BCUT2D eigenvalue weighted by Gasteiger charge is 2.20. The first kappa shape index (κ1) is 12.5. The van der Waals surface area contributed by atoms with Crippen molar-refractivity contribution in [2.45, 2.75) is 5.25 Å². The van der Waals surface area contributed by atoms with Crippen LogP contribution in [0.15, 0.2) is 60.7 Å². The first-order valence-corrected chi connectivity index (χ1v) is 7.05. The predicted molar refractivity (Wildman–Crippen MR) is 73.3 cm³/mol. The van der Waals surface area contributed by atoms with Crippen molar-refractivity contribution in [1.82, 2.24) is 0 Å². The van der Waals surface area contributed by atoms with Gasteiger partial charge in [-0.1, -0.05) is 60.7 Å². The van der Waals surface area contributed by atoms with Crippen molar-refractivity contribution in [3.8, 4) is 6.07 Å². The Balaban J connectivity index is 2.42. The van der Waals surface area contributed by atoms with Crippen LogP contribution >= 0.6 is 0 Å². The van der Waals surface area contributed by atoms with Gasteiger partial charge < -0.3 is 0 Å². The molecular weight excluding hydrogens is 242 g/mol. The largest absolute Gasteiger partial charge is 0.258 e. The average Bonchev–Trinajstić information content (AvgIpc) is 2.42. The molecule has 0 aromatic heterocycles. The third-order valence-electron chi connectivity index (χ3n) is 2.67. The molecule has 18 heavy (non-hydrogen) atoms. The second-order valence-electron chi connectivity index (χ2n) is 3.88. The van der Waals surface area contributed by atoms with Crippen LogP contribution in [-0.4, -0.2) is 9.96 Å². The highest BCUT2D eigenvalue weighted by molar-refractivity contribution is 7.85. The molecule has 0 aliphatic rings. The molecule has 0 radical (unpaired) electrons. The van der Waals surface area contributed by atoms with E-state index in [0.29, 0.717) is 0 Å². The number of nitriles is 1. The summed E-state index contributed by atoms with van der Waals surface area (Å²) in [6, 6.07) is 21.4. The van der Waals surface area contributed by atoms with Crippen molar-refractivity contribution in [3.63, 3.8) is 0 Å². The maximum absolute atomic E-state index is 12.2. The summed E-state index contributed by atoms with van der Waals surface area (Å²) in [7, 11) is -1.22. The quantitative estimate of drug-likeness (QED) is 0.842. The van der Waals surface area contributed by atoms with E-state index < -0.39 is 10.8 Å². The van der Waals surface area contributed by atoms with Gasteiger partial charge in [-0.25, -0.2) is 0 Å². The Morgan fingerprint density at radius 2 is 1.39 bits per heavy atom. The third kappa shape index (κ3) is 2.85. The fourth-order valence-electron chi connectivity index (χ4n) is 1.90. The molecule has 1 atom stereocenters. The van der Waals surface area contributed by atoms with Gasteiger partial charge in [0.15, 0.2) is 0 Å². The molecule has 0 N–H and O–H groups in total. The summed E-state index contributed by atoms with van der Waals surface area (Å²) in [4.78, 5) is 0. The molecule has 0 saturated heterocycles. The van der Waals surface area contributed by atoms with E-state index in [0.717, 1.165) is 11.1 Å². The summed E-state index contributed by atoms with van der Waals surface area (Å²) >= 11 is 0. The van der Waals surface area contributed by atoms with Crippen LogP contribution in [-0.2, 0) is 10.8 Å². The molecule has 0 unspecified atom stereocenters. The van der Waals surface area contributed by atoms with Crippen LogP contribution in [0.5, 0.6) is 0 Å². The van der Waals surface area contributed by atoms with Gasteiger partial charge in [-0.05, 0) is 11.1 Å². The minimum absolute atomic E-state index is 0.0501. The first-order valence-electron chi connectivity index (χ1n) is 5.67. The molecule has 3 heteroatoms. The molecule has 0 aliphatic carbocycles. The van der Waals surface area contributed by atoms with Gasteiger partial charge >= 0.3 is 0 Å². The molecule has 0 amide bonds. The molecule has 0 bridgehead atoms. The maximum atomic E-state index is 12.2. The number of benzene rings is 2. The van der Waals surface area contributed by atoms with E-state index >= 15 is 0 Å². The Morgan fingerprint density at radius 3 is 1.78 bits per heavy atom. The normalized spacial score (nSPS) is 12.0. The van der Waals surface area contributed by atoms with Gasteiger partial charge in [0.05, 0.1) is 11.3 Å². The average molecular weight is 255 g/mol. The van der Waals surface area contributed by atoms with Crippen LogP contribution in [0.25, 0.3) is 0 Å². The fraction of sp³-hybridized carbons (Fsp3) is 0.133. The van der Waals surface area contributed by atoms with Crippen LogP contribution in [0.3, 0.4) is 0 Å². The van der Waals surface area contributed by atoms with Crippen molar-refractivity contribution in [2.75, 3.05) is 5.75 Å². The Hall–Kier alpha value is -1.92. The molecule has 0 fully saturated rings. The van der Waals surface area contributed by atoms with Crippen molar-refractivity contribution in [3.05, 3.63) is 71.8 Å². The lowest BCUT2D eigenvalue weighted by atomic mass is 10.0. The van der Waals surface area contributed by atoms with Gasteiger partial charge in [-0.15, -0.1) is 0 Å². The lowest BCUT2D eigenvalue weighted by Crippen LogP contribution is -2.10. The van der Waals surface area contributed by atoms with Crippen molar-refractivity contribution in [1.29, 1.82) is 5.26 Å². The number of rotatable bonds is 4. The van der Waals surface area contributed by atoms with E-state index in [2.05, 4.69) is 0 Å². The van der Waals surface area contributed by atoms with Crippen molar-refractivity contribution >= 4 is 10.8 Å². The van der Waals surface area contributed by atoms with Crippen LogP contribution in [0, 0.1) is 11.3 Å². The van der Waals surface area contributed by atoms with E-state index in [-0.39, 0.29) is 11.0 Å². The number of hydrogen-bond acceptors (Lipinski definition) is 2. The Labute approximate surface area is 109 Å². The monoisotopic (exact) mass is 255 g/mol. The van der Waals surface area contributed by atoms with Gasteiger partial charge in [-0.3, -0.25) is 4.21 Å². The molecule has 2 aromatic carbocycles. The zero-order valence-electron chi connectivity index (χ0n) is 9.82. The smallest absolute Gasteiger partial charge is 0.112 e. The third-order valence-corrected chi connectivity index (χ3v) is 4.16. The lowest BCUT2D eigenvalue weighted by molar-refractivity contribution is 0.680. The van der Waals surface area contributed by atoms with E-state index in [1.165, 1.54) is 0 Å². The van der Waals surface area contributed by atoms with Gasteiger partial charge in [0.25, 0.3) is 0 Å². The minimum atomic E-state index is -1.22. The fourth-order valence-corrected chi connectivity index (χ4v) is 3.11. The van der Waals surface area contributed by atoms with Crippen molar-refractivity contribution in [2.24, 2.45) is 0 Å². The summed E-state index contributed by atoms with van der Waals surface area (Å²) < 4.78 is 12.2. The Morgan fingerprint density at radius 1 is 0.944 bits per heavy atom. The molecule has 0 spiro atoms. The molecule has 2 rings (SSSR count). The highest BCUT2D eigenvalue weighted by Crippen LogP contribution is 2.27. The topological polar surface area (TPSA) is 40.9 Å². The highest BCUT2D eigenvalue weighted by atomic mass is 32.2. The van der Waals surface area contributed by atoms with Crippen LogP contribution in [0.4, 0.5) is 0 Å². The maximum Gasteiger partial charge on any atom is 0.112 e. The van der Waals surface area contributed by atoms with Crippen LogP contribution in [0.2, 0.25) is 0 Å². The Bertz CT molecular complexity index is 521. The summed E-state index contributed by atoms with van der Waals surface area (Å²) in [5.41, 5.74) is 1.97. The zero-order chi connectivity index (χ0) is 12.8. The van der Waals surface area contributed by atoms with Crippen LogP contribution in [0.1, 0.15) is 16.4 Å². The van der Waals surface area contributed by atoms with E-state index in [9.17, 15) is 4.21 Å². The van der Waals surface area contributed by atoms with Crippen molar-refractivity contribution < 1.29 is 4.21 Å². The van der Waals surface area contributed by atoms with Gasteiger partial charge in [0.2, 0.25) is 0 Å². The SMILES string of the molecule is N#CC[S@](=O)C(c1ccccc1)c1ccccc1. The zero-order valence-corrected chi connectivity index (χ0v) is 10.6. The summed E-state index contributed by atoms with van der Waals surface area (Å²) in [6.07, 6.45) is 0. The molecule has 0 heterocycles. The summed E-state index contributed by atoms with van der Waals surface area (Å²) in [6.45, 7) is 0. The standard InChI is InChI=1S/C15H13NOS/c16-11-12-18(17)15(13-7-3-1-4-8-13)14-9-5-2-6-10-14/h1-10,15H,12H2/t18-/m0/s1.